The maximum Gasteiger partial charge on any atom is 0.241 e. The molecule has 0 fully saturated rings. The highest BCUT2D eigenvalue weighted by atomic mass is 16.5. The van der Waals surface area contributed by atoms with Crippen molar-refractivity contribution in [2.24, 2.45) is 0 Å². The van der Waals surface area contributed by atoms with E-state index in [0.29, 0.717) is 37.2 Å². The zero-order valence-electron chi connectivity index (χ0n) is 12.6. The molecule has 0 radical (unpaired) electrons. The van der Waals surface area contributed by atoms with Gasteiger partial charge in [-0.05, 0) is 13.8 Å². The highest BCUT2D eigenvalue weighted by molar-refractivity contribution is 5.80. The second-order valence-corrected chi connectivity index (χ2v) is 4.51. The van der Waals surface area contributed by atoms with Gasteiger partial charge in [0, 0.05) is 33.3 Å². The zero-order valence-corrected chi connectivity index (χ0v) is 12.6. The van der Waals surface area contributed by atoms with Crippen LogP contribution < -0.4 is 10.6 Å². The molecule has 0 aliphatic carbocycles. The van der Waals surface area contributed by atoms with E-state index in [1.54, 1.807) is 25.1 Å². The Hall–Kier alpha value is -1.89. The highest BCUT2D eigenvalue weighted by Gasteiger charge is 2.14. The number of hydrogen-bond donors (Lipinski definition) is 1. The standard InChI is InChI=1S/C13H23N5O2/c1-5-18(8-13(19)17(3)4)12-7-10(14)15-11(16-12)9-20-6-2/h7H,5-6,8-9H2,1-4H3,(H2,14,15,16). The first-order valence-corrected chi connectivity index (χ1v) is 6.64. The summed E-state index contributed by atoms with van der Waals surface area (Å²) in [5.74, 6) is 1.55. The van der Waals surface area contributed by atoms with Crippen LogP contribution in [0.4, 0.5) is 11.6 Å². The topological polar surface area (TPSA) is 84.6 Å². The maximum atomic E-state index is 11.8. The number of rotatable bonds is 7. The largest absolute Gasteiger partial charge is 0.384 e. The van der Waals surface area contributed by atoms with E-state index in [2.05, 4.69) is 9.97 Å². The molecule has 1 heterocycles. The van der Waals surface area contributed by atoms with Crippen LogP contribution in [0.15, 0.2) is 6.07 Å². The van der Waals surface area contributed by atoms with Gasteiger partial charge in [-0.25, -0.2) is 9.97 Å². The van der Waals surface area contributed by atoms with Crippen LogP contribution >= 0.6 is 0 Å². The van der Waals surface area contributed by atoms with Crippen molar-refractivity contribution in [3.05, 3.63) is 11.9 Å². The Morgan fingerprint density at radius 1 is 1.35 bits per heavy atom. The molecule has 1 rings (SSSR count). The normalized spacial score (nSPS) is 10.4. The summed E-state index contributed by atoms with van der Waals surface area (Å²) < 4.78 is 5.29. The van der Waals surface area contributed by atoms with Crippen LogP contribution in [0.25, 0.3) is 0 Å². The predicted octanol–water partition coefficient (Wildman–Crippen LogP) is 0.510. The van der Waals surface area contributed by atoms with Crippen LogP contribution in [0.2, 0.25) is 0 Å². The van der Waals surface area contributed by atoms with Gasteiger partial charge in [-0.15, -0.1) is 0 Å². The number of amides is 1. The van der Waals surface area contributed by atoms with Gasteiger partial charge in [-0.2, -0.15) is 0 Å². The van der Waals surface area contributed by atoms with Crippen molar-refractivity contribution in [1.82, 2.24) is 14.9 Å². The number of anilines is 2. The van der Waals surface area contributed by atoms with Gasteiger partial charge in [0.25, 0.3) is 0 Å². The van der Waals surface area contributed by atoms with Crippen molar-refractivity contribution >= 4 is 17.5 Å². The first-order chi connectivity index (χ1) is 9.47. The van der Waals surface area contributed by atoms with Crippen LogP contribution in [0, 0.1) is 0 Å². The lowest BCUT2D eigenvalue weighted by atomic mass is 10.4. The number of likely N-dealkylation sites (N-methyl/N-ethyl adjacent to an activating group) is 2. The van der Waals surface area contributed by atoms with Gasteiger partial charge in [-0.3, -0.25) is 4.79 Å². The van der Waals surface area contributed by atoms with Crippen LogP contribution in [0.1, 0.15) is 19.7 Å². The number of ether oxygens (including phenoxy) is 1. The monoisotopic (exact) mass is 281 g/mol. The Balaban J connectivity index is 2.90. The Kier molecular flexibility index (Phi) is 6.17. The second-order valence-electron chi connectivity index (χ2n) is 4.51. The number of nitrogens with zero attached hydrogens (tertiary/aromatic N) is 4. The van der Waals surface area contributed by atoms with Gasteiger partial charge < -0.3 is 20.3 Å². The summed E-state index contributed by atoms with van der Waals surface area (Å²) in [4.78, 5) is 23.7. The van der Waals surface area contributed by atoms with E-state index in [0.717, 1.165) is 0 Å². The summed E-state index contributed by atoms with van der Waals surface area (Å²) in [6.07, 6.45) is 0. The average molecular weight is 281 g/mol. The quantitative estimate of drug-likeness (QED) is 0.784. The SMILES string of the molecule is CCOCc1nc(N)cc(N(CC)CC(=O)N(C)C)n1. The third kappa shape index (κ3) is 4.65. The van der Waals surface area contributed by atoms with E-state index in [4.69, 9.17) is 10.5 Å². The third-order valence-corrected chi connectivity index (χ3v) is 2.74. The van der Waals surface area contributed by atoms with Crippen LogP contribution in [0.5, 0.6) is 0 Å². The van der Waals surface area contributed by atoms with Gasteiger partial charge in [0.05, 0.1) is 6.54 Å². The molecule has 7 nitrogen and oxygen atoms in total. The van der Waals surface area contributed by atoms with Crippen molar-refractivity contribution in [1.29, 1.82) is 0 Å². The summed E-state index contributed by atoms with van der Waals surface area (Å²) in [5.41, 5.74) is 5.79. The van der Waals surface area contributed by atoms with Crippen molar-refractivity contribution in [3.63, 3.8) is 0 Å². The molecule has 1 amide bonds. The highest BCUT2D eigenvalue weighted by Crippen LogP contribution is 2.14. The molecule has 2 N–H and O–H groups in total. The molecule has 0 aliphatic heterocycles. The molecular weight excluding hydrogens is 258 g/mol. The van der Waals surface area contributed by atoms with Gasteiger partial charge in [0.15, 0.2) is 5.82 Å². The lowest BCUT2D eigenvalue weighted by Crippen LogP contribution is -2.37. The fourth-order valence-corrected chi connectivity index (χ4v) is 1.58. The molecule has 0 bridgehead atoms. The fraction of sp³-hybridized carbons (Fsp3) is 0.615. The minimum Gasteiger partial charge on any atom is -0.384 e. The number of hydrogen-bond acceptors (Lipinski definition) is 6. The molecule has 1 aromatic heterocycles. The summed E-state index contributed by atoms with van der Waals surface area (Å²) in [6, 6.07) is 1.67. The molecule has 0 atom stereocenters. The van der Waals surface area contributed by atoms with E-state index in [9.17, 15) is 4.79 Å². The summed E-state index contributed by atoms with van der Waals surface area (Å²) >= 11 is 0. The molecule has 20 heavy (non-hydrogen) atoms. The van der Waals surface area contributed by atoms with Crippen LogP contribution in [-0.2, 0) is 16.1 Å². The summed E-state index contributed by atoms with van der Waals surface area (Å²) in [5, 5.41) is 0. The third-order valence-electron chi connectivity index (χ3n) is 2.74. The van der Waals surface area contributed by atoms with Crippen molar-refractivity contribution in [2.75, 3.05) is 44.4 Å². The van der Waals surface area contributed by atoms with Crippen molar-refractivity contribution in [3.8, 4) is 0 Å². The van der Waals surface area contributed by atoms with Gasteiger partial charge in [0.2, 0.25) is 5.91 Å². The van der Waals surface area contributed by atoms with Gasteiger partial charge in [0.1, 0.15) is 18.2 Å². The minimum absolute atomic E-state index is 0.00962. The molecule has 0 spiro atoms. The molecule has 0 aromatic carbocycles. The number of carbonyl (C=O) groups is 1. The average Bonchev–Trinajstić information content (AvgIpc) is 2.41. The Bertz CT molecular complexity index is 450. The first-order valence-electron chi connectivity index (χ1n) is 6.64. The summed E-state index contributed by atoms with van der Waals surface area (Å²) in [7, 11) is 3.45. The van der Waals surface area contributed by atoms with Crippen LogP contribution in [0.3, 0.4) is 0 Å². The zero-order chi connectivity index (χ0) is 15.1. The second kappa shape index (κ2) is 7.64. The lowest BCUT2D eigenvalue weighted by Gasteiger charge is -2.23. The molecule has 1 aromatic rings. The predicted molar refractivity (Wildman–Crippen MR) is 78.4 cm³/mol. The van der Waals surface area contributed by atoms with E-state index in [1.807, 2.05) is 18.7 Å². The Morgan fingerprint density at radius 2 is 2.05 bits per heavy atom. The minimum atomic E-state index is 0.00962. The molecule has 7 heteroatoms. The molecule has 112 valence electrons. The fourth-order valence-electron chi connectivity index (χ4n) is 1.58. The van der Waals surface area contributed by atoms with E-state index >= 15 is 0 Å². The first kappa shape index (κ1) is 16.2. The molecular formula is C13H23N5O2. The summed E-state index contributed by atoms with van der Waals surface area (Å²) in [6.45, 7) is 5.68. The maximum absolute atomic E-state index is 11.8. The number of nitrogens with two attached hydrogens (primary N) is 1. The molecule has 0 saturated heterocycles. The molecule has 0 saturated carbocycles. The van der Waals surface area contributed by atoms with Crippen molar-refractivity contribution in [2.45, 2.75) is 20.5 Å². The van der Waals surface area contributed by atoms with E-state index < -0.39 is 0 Å². The van der Waals surface area contributed by atoms with Crippen LogP contribution in [-0.4, -0.2) is 54.6 Å². The number of carbonyl (C=O) groups excluding carboxylic acids is 1. The Labute approximate surface area is 119 Å². The van der Waals surface area contributed by atoms with Crippen molar-refractivity contribution < 1.29 is 9.53 Å². The van der Waals surface area contributed by atoms with Gasteiger partial charge >= 0.3 is 0 Å². The van der Waals surface area contributed by atoms with Gasteiger partial charge in [-0.1, -0.05) is 0 Å². The smallest absolute Gasteiger partial charge is 0.241 e. The molecule has 0 aliphatic rings. The number of aromatic nitrogens is 2. The number of nitrogen functional groups attached to an aromatic ring is 1. The Morgan fingerprint density at radius 3 is 2.60 bits per heavy atom. The van der Waals surface area contributed by atoms with E-state index in [1.165, 1.54) is 0 Å². The lowest BCUT2D eigenvalue weighted by molar-refractivity contribution is -0.127. The molecule has 0 unspecified atom stereocenters. The van der Waals surface area contributed by atoms with E-state index in [-0.39, 0.29) is 12.5 Å².